The fourth-order valence-electron chi connectivity index (χ4n) is 1.51. The molecule has 2 nitrogen and oxygen atoms in total. The Morgan fingerprint density at radius 3 is 1.43 bits per heavy atom. The van der Waals surface area contributed by atoms with Crippen LogP contribution in [-0.2, 0) is 4.74 Å². The number of halogens is 13. The summed E-state index contributed by atoms with van der Waals surface area (Å²) < 4.78 is 158. The predicted molar refractivity (Wildman–Crippen MR) is 56.1 cm³/mol. The highest BCUT2D eigenvalue weighted by Gasteiger charge is 2.89. The van der Waals surface area contributed by atoms with Crippen molar-refractivity contribution in [3.8, 4) is 0 Å². The predicted octanol–water partition coefficient (Wildman–Crippen LogP) is 4.74. The number of hydrogen-bond donors (Lipinski definition) is 0. The van der Waals surface area contributed by atoms with E-state index in [4.69, 9.17) is 0 Å². The van der Waals surface area contributed by atoms with Crippen molar-refractivity contribution in [1.29, 1.82) is 0 Å². The lowest BCUT2D eigenvalue weighted by atomic mass is 10.1. The smallest absolute Gasteiger partial charge is 0.243 e. The van der Waals surface area contributed by atoms with Crippen molar-refractivity contribution >= 4 is 22.6 Å². The second kappa shape index (κ2) is 5.40. The second-order valence-electron chi connectivity index (χ2n) is 4.24. The first-order valence-electron chi connectivity index (χ1n) is 5.22. The maximum Gasteiger partial charge on any atom is 0.439 e. The highest BCUT2D eigenvalue weighted by molar-refractivity contribution is 14.1. The molecule has 1 heterocycles. The van der Waals surface area contributed by atoms with E-state index < -0.39 is 52.0 Å². The molecule has 1 aliphatic heterocycles. The third-order valence-corrected chi connectivity index (χ3v) is 3.19. The molecule has 15 heteroatoms. The van der Waals surface area contributed by atoms with Gasteiger partial charge in [0.2, 0.25) is 0 Å². The summed E-state index contributed by atoms with van der Waals surface area (Å²) >= 11 is 1.03. The fraction of sp³-hybridized carbons (Fsp3) is 1.00. The molecule has 0 spiro atoms. The molecule has 0 aromatic rings. The van der Waals surface area contributed by atoms with Crippen molar-refractivity contribution in [3.63, 3.8) is 0 Å². The van der Waals surface area contributed by atoms with Crippen LogP contribution in [0.15, 0.2) is 0 Å². The standard InChI is InChI=1S/C8H4F12INO/c9-3(10,1-2-21)4(11,12)22-5(13,14)7(17,18)23-8(19,20)6(22,15)16/h1-2H2. The maximum absolute atomic E-state index is 13.4. The highest BCUT2D eigenvalue weighted by Crippen LogP contribution is 2.61. The topological polar surface area (TPSA) is 12.5 Å². The molecule has 0 amide bonds. The van der Waals surface area contributed by atoms with Gasteiger partial charge in [0.1, 0.15) is 0 Å². The lowest BCUT2D eigenvalue weighted by molar-refractivity contribution is -0.593. The second-order valence-corrected chi connectivity index (χ2v) is 5.32. The highest BCUT2D eigenvalue weighted by atomic mass is 127. The summed E-state index contributed by atoms with van der Waals surface area (Å²) in [7, 11) is 0. The van der Waals surface area contributed by atoms with Gasteiger partial charge in [0.25, 0.3) is 0 Å². The molecule has 0 aliphatic carbocycles. The Kier molecular flexibility index (Phi) is 4.90. The largest absolute Gasteiger partial charge is 0.439 e. The van der Waals surface area contributed by atoms with E-state index in [1.807, 2.05) is 4.74 Å². The summed E-state index contributed by atoms with van der Waals surface area (Å²) in [5, 5.41) is 0. The van der Waals surface area contributed by atoms with Gasteiger partial charge in [-0.15, -0.1) is 4.90 Å². The van der Waals surface area contributed by atoms with Crippen molar-refractivity contribution < 1.29 is 57.4 Å². The van der Waals surface area contributed by atoms with Crippen LogP contribution in [0.25, 0.3) is 0 Å². The number of hydrogen-bond acceptors (Lipinski definition) is 2. The fourth-order valence-corrected chi connectivity index (χ4v) is 2.18. The van der Waals surface area contributed by atoms with Crippen molar-refractivity contribution in [2.24, 2.45) is 0 Å². The lowest BCUT2D eigenvalue weighted by Gasteiger charge is -2.50. The summed E-state index contributed by atoms with van der Waals surface area (Å²) in [5.74, 6) is -5.75. The zero-order valence-corrected chi connectivity index (χ0v) is 12.3. The van der Waals surface area contributed by atoms with Crippen LogP contribution in [0.1, 0.15) is 6.42 Å². The van der Waals surface area contributed by atoms with Gasteiger partial charge in [-0.3, -0.25) is 0 Å². The number of rotatable bonds is 4. The average molecular weight is 485 g/mol. The van der Waals surface area contributed by atoms with Crippen LogP contribution in [-0.4, -0.2) is 45.6 Å². The monoisotopic (exact) mass is 485 g/mol. The van der Waals surface area contributed by atoms with Gasteiger partial charge >= 0.3 is 36.3 Å². The van der Waals surface area contributed by atoms with E-state index in [9.17, 15) is 52.7 Å². The summed E-state index contributed by atoms with van der Waals surface area (Å²) in [4.78, 5) is -3.48. The number of alkyl halides is 13. The van der Waals surface area contributed by atoms with E-state index >= 15 is 0 Å². The van der Waals surface area contributed by atoms with Crippen LogP contribution in [0.4, 0.5) is 52.7 Å². The normalized spacial score (nSPS) is 27.0. The molecule has 0 bridgehead atoms. The molecule has 0 unspecified atom stereocenters. The van der Waals surface area contributed by atoms with Gasteiger partial charge in [0.05, 0.1) is 0 Å². The Balaban J connectivity index is 3.60. The van der Waals surface area contributed by atoms with E-state index in [0.717, 1.165) is 22.6 Å². The molecule has 138 valence electrons. The summed E-state index contributed by atoms with van der Waals surface area (Å²) in [6, 6.07) is -20.5. The quantitative estimate of drug-likeness (QED) is 0.247. The van der Waals surface area contributed by atoms with E-state index in [1.165, 1.54) is 0 Å². The van der Waals surface area contributed by atoms with Crippen LogP contribution < -0.4 is 0 Å². The van der Waals surface area contributed by atoms with Gasteiger partial charge in [-0.25, -0.2) is 4.74 Å². The summed E-state index contributed by atoms with van der Waals surface area (Å²) in [6.45, 7) is 0. The first-order valence-corrected chi connectivity index (χ1v) is 6.74. The van der Waals surface area contributed by atoms with Gasteiger partial charge in [-0.05, 0) is 0 Å². The Morgan fingerprint density at radius 1 is 0.783 bits per heavy atom. The van der Waals surface area contributed by atoms with E-state index in [1.54, 1.807) is 0 Å². The Labute approximate surface area is 132 Å². The van der Waals surface area contributed by atoms with E-state index in [2.05, 4.69) is 0 Å². The number of morpholine rings is 1. The molecule has 0 atom stereocenters. The third-order valence-electron chi connectivity index (χ3n) is 2.65. The molecule has 0 saturated carbocycles. The molecule has 0 N–H and O–H groups in total. The molecule has 1 saturated heterocycles. The lowest BCUT2D eigenvalue weighted by Crippen LogP contribution is -2.79. The molecule has 0 aromatic carbocycles. The first-order chi connectivity index (χ1) is 9.88. The minimum absolute atomic E-state index is 0.908. The minimum atomic E-state index is -6.86. The van der Waals surface area contributed by atoms with Crippen LogP contribution in [0.3, 0.4) is 0 Å². The minimum Gasteiger partial charge on any atom is -0.243 e. The summed E-state index contributed by atoms with van der Waals surface area (Å²) in [5.41, 5.74) is 0. The van der Waals surface area contributed by atoms with Gasteiger partial charge in [-0.2, -0.15) is 52.7 Å². The van der Waals surface area contributed by atoms with E-state index in [-0.39, 0.29) is 0 Å². The molecule has 1 rings (SSSR count). The average Bonchev–Trinajstić information content (AvgIpc) is 2.23. The molecular weight excluding hydrogens is 481 g/mol. The third kappa shape index (κ3) is 2.85. The Hall–Kier alpha value is -0.190. The Bertz CT molecular complexity index is 440. The van der Waals surface area contributed by atoms with Gasteiger partial charge in [-0.1, -0.05) is 22.6 Å². The zero-order valence-electron chi connectivity index (χ0n) is 10.2. The van der Waals surface area contributed by atoms with Crippen LogP contribution >= 0.6 is 22.6 Å². The maximum atomic E-state index is 13.4. The number of ether oxygens (including phenoxy) is 1. The van der Waals surface area contributed by atoms with Crippen LogP contribution in [0.5, 0.6) is 0 Å². The van der Waals surface area contributed by atoms with Crippen LogP contribution in [0.2, 0.25) is 0 Å². The van der Waals surface area contributed by atoms with Gasteiger partial charge < -0.3 is 0 Å². The van der Waals surface area contributed by atoms with Crippen molar-refractivity contribution in [2.75, 3.05) is 4.43 Å². The molecule has 23 heavy (non-hydrogen) atoms. The molecule has 0 aromatic heterocycles. The molecule has 0 radical (unpaired) electrons. The van der Waals surface area contributed by atoms with Crippen molar-refractivity contribution in [1.82, 2.24) is 4.90 Å². The van der Waals surface area contributed by atoms with Crippen molar-refractivity contribution in [2.45, 2.75) is 42.7 Å². The van der Waals surface area contributed by atoms with Crippen LogP contribution in [0, 0.1) is 0 Å². The summed E-state index contributed by atoms with van der Waals surface area (Å²) in [6.07, 6.45) is -15.2. The first kappa shape index (κ1) is 20.9. The molecule has 1 aliphatic rings. The van der Waals surface area contributed by atoms with Gasteiger partial charge in [0, 0.05) is 10.8 Å². The Morgan fingerprint density at radius 2 is 1.13 bits per heavy atom. The number of nitrogens with zero attached hydrogens (tertiary/aromatic N) is 1. The zero-order chi connectivity index (χ0) is 18.7. The molecule has 1 fully saturated rings. The van der Waals surface area contributed by atoms with Crippen molar-refractivity contribution in [3.05, 3.63) is 0 Å². The SMILES string of the molecule is FC(F)(CCI)C(F)(F)N1C(F)(F)C(F)(F)OC(F)(F)C1(F)F. The van der Waals surface area contributed by atoms with Gasteiger partial charge in [0.15, 0.2) is 0 Å². The van der Waals surface area contributed by atoms with E-state index in [0.29, 0.717) is 0 Å². The molecular formula is C8H4F12INO.